The summed E-state index contributed by atoms with van der Waals surface area (Å²) < 4.78 is 0. The summed E-state index contributed by atoms with van der Waals surface area (Å²) in [6, 6.07) is 6.93. The van der Waals surface area contributed by atoms with Crippen molar-refractivity contribution in [3.63, 3.8) is 0 Å². The van der Waals surface area contributed by atoms with E-state index in [9.17, 15) is 9.59 Å². The number of hydrogen-bond donors (Lipinski definition) is 1. The molecule has 0 aromatic heterocycles. The third-order valence-corrected chi connectivity index (χ3v) is 2.57. The minimum absolute atomic E-state index is 0.0413. The summed E-state index contributed by atoms with van der Waals surface area (Å²) in [4.78, 5) is 29.3. The quantitative estimate of drug-likeness (QED) is 0.383. The van der Waals surface area contributed by atoms with Crippen LogP contribution in [0.5, 0.6) is 0 Å². The molecule has 0 fully saturated rings. The van der Waals surface area contributed by atoms with Crippen molar-refractivity contribution < 1.29 is 14.4 Å². The number of benzene rings is 1. The smallest absolute Gasteiger partial charge is 0.290 e. The van der Waals surface area contributed by atoms with Gasteiger partial charge in [-0.3, -0.25) is 9.59 Å². The Balaban J connectivity index is 3.13. The van der Waals surface area contributed by atoms with Gasteiger partial charge in [-0.1, -0.05) is 17.3 Å². The molecule has 102 valence electrons. The number of amidine groups is 1. The van der Waals surface area contributed by atoms with Crippen LogP contribution in [-0.4, -0.2) is 38.7 Å². The maximum Gasteiger partial charge on any atom is 0.290 e. The largest absolute Gasteiger partial charge is 0.397 e. The van der Waals surface area contributed by atoms with Gasteiger partial charge in [0, 0.05) is 25.3 Å². The molecular weight excluding hydrogens is 246 g/mol. The molecule has 0 spiro atoms. The number of oxime groups is 1. The van der Waals surface area contributed by atoms with Crippen molar-refractivity contribution in [1.29, 1.82) is 0 Å². The SMILES string of the molecule is CNC(=O)/C(=N\OC)N(C)c1cccc(C(C)=O)c1. The first-order valence-corrected chi connectivity index (χ1v) is 5.69. The van der Waals surface area contributed by atoms with Crippen LogP contribution in [-0.2, 0) is 9.63 Å². The van der Waals surface area contributed by atoms with Crippen LogP contribution >= 0.6 is 0 Å². The zero-order valence-corrected chi connectivity index (χ0v) is 11.4. The van der Waals surface area contributed by atoms with E-state index in [0.29, 0.717) is 11.3 Å². The van der Waals surface area contributed by atoms with Crippen LogP contribution < -0.4 is 10.2 Å². The van der Waals surface area contributed by atoms with Crippen LogP contribution in [0.2, 0.25) is 0 Å². The molecule has 0 unspecified atom stereocenters. The summed E-state index contributed by atoms with van der Waals surface area (Å²) in [6.07, 6.45) is 0. The summed E-state index contributed by atoms with van der Waals surface area (Å²) in [5.74, 6) is -0.316. The number of hydrogen-bond acceptors (Lipinski definition) is 4. The van der Waals surface area contributed by atoms with E-state index < -0.39 is 0 Å². The van der Waals surface area contributed by atoms with E-state index in [2.05, 4.69) is 15.3 Å². The molecule has 1 aromatic rings. The monoisotopic (exact) mass is 263 g/mol. The van der Waals surface area contributed by atoms with Gasteiger partial charge in [-0.15, -0.1) is 0 Å². The number of carbonyl (C=O) groups excluding carboxylic acids is 2. The highest BCUT2D eigenvalue weighted by Crippen LogP contribution is 2.16. The predicted molar refractivity (Wildman–Crippen MR) is 73.4 cm³/mol. The van der Waals surface area contributed by atoms with Crippen LogP contribution in [0.3, 0.4) is 0 Å². The van der Waals surface area contributed by atoms with Gasteiger partial charge in [0.2, 0.25) is 5.84 Å². The van der Waals surface area contributed by atoms with Gasteiger partial charge in [0.15, 0.2) is 5.78 Å². The number of amides is 1. The number of likely N-dealkylation sites (N-methyl/N-ethyl adjacent to an activating group) is 2. The lowest BCUT2D eigenvalue weighted by Gasteiger charge is -2.19. The molecule has 1 N–H and O–H groups in total. The number of nitrogens with one attached hydrogen (secondary N) is 1. The number of ketones is 1. The molecule has 0 aliphatic rings. The van der Waals surface area contributed by atoms with E-state index in [1.54, 1.807) is 36.2 Å². The van der Waals surface area contributed by atoms with E-state index in [1.807, 2.05) is 0 Å². The van der Waals surface area contributed by atoms with Crippen LogP contribution in [0.25, 0.3) is 0 Å². The molecule has 1 aromatic carbocycles. The Kier molecular flexibility index (Phi) is 5.05. The number of rotatable bonds is 3. The van der Waals surface area contributed by atoms with Gasteiger partial charge in [0.1, 0.15) is 7.11 Å². The lowest BCUT2D eigenvalue weighted by atomic mass is 10.1. The zero-order valence-electron chi connectivity index (χ0n) is 11.4. The van der Waals surface area contributed by atoms with Crippen LogP contribution in [0.15, 0.2) is 29.4 Å². The van der Waals surface area contributed by atoms with E-state index >= 15 is 0 Å². The molecule has 1 amide bonds. The van der Waals surface area contributed by atoms with Gasteiger partial charge in [0.05, 0.1) is 0 Å². The Hall–Kier alpha value is -2.37. The fourth-order valence-corrected chi connectivity index (χ4v) is 1.51. The highest BCUT2D eigenvalue weighted by atomic mass is 16.6. The van der Waals surface area contributed by atoms with Gasteiger partial charge in [-0.2, -0.15) is 0 Å². The molecule has 19 heavy (non-hydrogen) atoms. The molecular formula is C13H17N3O3. The van der Waals surface area contributed by atoms with Crippen LogP contribution in [0.1, 0.15) is 17.3 Å². The number of Topliss-reactive ketones (excluding diaryl/α,β-unsaturated/α-hetero) is 1. The van der Waals surface area contributed by atoms with Crippen molar-refractivity contribution in [3.05, 3.63) is 29.8 Å². The van der Waals surface area contributed by atoms with E-state index in [-0.39, 0.29) is 17.5 Å². The van der Waals surface area contributed by atoms with Crippen LogP contribution in [0, 0.1) is 0 Å². The molecule has 0 aliphatic heterocycles. The lowest BCUT2D eigenvalue weighted by molar-refractivity contribution is -0.114. The molecule has 0 saturated carbocycles. The summed E-state index contributed by atoms with van der Waals surface area (Å²) in [6.45, 7) is 1.49. The summed E-state index contributed by atoms with van der Waals surface area (Å²) in [5, 5.41) is 6.17. The molecule has 0 heterocycles. The van der Waals surface area contributed by atoms with Crippen LogP contribution in [0.4, 0.5) is 5.69 Å². The minimum Gasteiger partial charge on any atom is -0.397 e. The molecule has 6 nitrogen and oxygen atoms in total. The standard InChI is InChI=1S/C13H17N3O3/c1-9(17)10-6-5-7-11(8-10)16(3)12(15-19-4)13(18)14-2/h5-8H,1-4H3,(H,14,18)/b15-12+. The van der Waals surface area contributed by atoms with E-state index in [0.717, 1.165) is 0 Å². The average molecular weight is 263 g/mol. The average Bonchev–Trinajstić information content (AvgIpc) is 2.43. The Morgan fingerprint density at radius 1 is 1.37 bits per heavy atom. The predicted octanol–water partition coefficient (Wildman–Crippen LogP) is 1.03. The Morgan fingerprint density at radius 3 is 2.58 bits per heavy atom. The first-order valence-electron chi connectivity index (χ1n) is 5.69. The maximum absolute atomic E-state index is 11.7. The normalized spacial score (nSPS) is 10.8. The highest BCUT2D eigenvalue weighted by Gasteiger charge is 2.18. The fraction of sp³-hybridized carbons (Fsp3) is 0.308. The van der Waals surface area contributed by atoms with Crippen molar-refractivity contribution in [3.8, 4) is 0 Å². The zero-order chi connectivity index (χ0) is 14.4. The van der Waals surface area contributed by atoms with Crippen molar-refractivity contribution in [1.82, 2.24) is 5.32 Å². The molecule has 0 atom stereocenters. The molecule has 1 rings (SSSR count). The maximum atomic E-state index is 11.7. The molecule has 0 bridgehead atoms. The molecule has 6 heteroatoms. The third kappa shape index (κ3) is 3.54. The van der Waals surface area contributed by atoms with E-state index in [4.69, 9.17) is 0 Å². The van der Waals surface area contributed by atoms with Crippen molar-refractivity contribution >= 4 is 23.2 Å². The number of carbonyl (C=O) groups is 2. The van der Waals surface area contributed by atoms with Crippen molar-refractivity contribution in [2.45, 2.75) is 6.92 Å². The second kappa shape index (κ2) is 6.53. The second-order valence-electron chi connectivity index (χ2n) is 3.84. The third-order valence-electron chi connectivity index (χ3n) is 2.57. The second-order valence-corrected chi connectivity index (χ2v) is 3.84. The van der Waals surface area contributed by atoms with Gasteiger partial charge in [-0.25, -0.2) is 0 Å². The molecule has 0 radical (unpaired) electrons. The fourth-order valence-electron chi connectivity index (χ4n) is 1.51. The van der Waals surface area contributed by atoms with Crippen molar-refractivity contribution in [2.75, 3.05) is 26.1 Å². The van der Waals surface area contributed by atoms with Gasteiger partial charge < -0.3 is 15.1 Å². The number of anilines is 1. The van der Waals surface area contributed by atoms with Gasteiger partial charge in [0.25, 0.3) is 5.91 Å². The first kappa shape index (κ1) is 14.7. The first-order chi connectivity index (χ1) is 9.01. The highest BCUT2D eigenvalue weighted by molar-refractivity contribution is 6.42. The summed E-state index contributed by atoms with van der Waals surface area (Å²) in [5.41, 5.74) is 1.24. The Labute approximate surface area is 112 Å². The molecule has 0 saturated heterocycles. The lowest BCUT2D eigenvalue weighted by Crippen LogP contribution is -2.40. The topological polar surface area (TPSA) is 71.0 Å². The Bertz CT molecular complexity index is 512. The minimum atomic E-state index is -0.377. The Morgan fingerprint density at radius 2 is 2.05 bits per heavy atom. The van der Waals surface area contributed by atoms with Gasteiger partial charge in [-0.05, 0) is 19.1 Å². The number of nitrogens with zero attached hydrogens (tertiary/aromatic N) is 2. The van der Waals surface area contributed by atoms with Crippen molar-refractivity contribution in [2.24, 2.45) is 5.16 Å². The van der Waals surface area contributed by atoms with Gasteiger partial charge >= 0.3 is 0 Å². The summed E-state index contributed by atoms with van der Waals surface area (Å²) in [7, 11) is 4.54. The summed E-state index contributed by atoms with van der Waals surface area (Å²) >= 11 is 0. The van der Waals surface area contributed by atoms with E-state index in [1.165, 1.54) is 21.1 Å². The molecule has 0 aliphatic carbocycles.